The van der Waals surface area contributed by atoms with Crippen molar-refractivity contribution in [1.29, 1.82) is 0 Å². The summed E-state index contributed by atoms with van der Waals surface area (Å²) in [6, 6.07) is 3.88. The maximum atomic E-state index is 11.8. The molecular formula is C14H14BrNO2S. The number of hydrogen-bond acceptors (Lipinski definition) is 3. The summed E-state index contributed by atoms with van der Waals surface area (Å²) in [5.41, 5.74) is 2.78. The average Bonchev–Trinajstić information content (AvgIpc) is 3.04. The summed E-state index contributed by atoms with van der Waals surface area (Å²) >= 11 is 5.47. The first-order valence-corrected chi connectivity index (χ1v) is 8.12. The third-order valence-electron chi connectivity index (χ3n) is 3.56. The van der Waals surface area contributed by atoms with Crippen LogP contribution in [0.25, 0.3) is 10.9 Å². The predicted molar refractivity (Wildman–Crippen MR) is 82.0 cm³/mol. The summed E-state index contributed by atoms with van der Waals surface area (Å²) < 4.78 is 5.76. The van der Waals surface area contributed by atoms with Crippen molar-refractivity contribution in [2.24, 2.45) is 0 Å². The quantitative estimate of drug-likeness (QED) is 0.842. The van der Waals surface area contributed by atoms with Crippen LogP contribution in [0.3, 0.4) is 0 Å². The van der Waals surface area contributed by atoms with Crippen LogP contribution in [0.4, 0.5) is 0 Å². The Kier molecular flexibility index (Phi) is 3.58. The van der Waals surface area contributed by atoms with Crippen LogP contribution in [-0.4, -0.2) is 29.6 Å². The van der Waals surface area contributed by atoms with Crippen molar-refractivity contribution in [3.63, 3.8) is 0 Å². The van der Waals surface area contributed by atoms with Gasteiger partial charge in [-0.25, -0.2) is 4.79 Å². The Morgan fingerprint density at radius 3 is 3.05 bits per heavy atom. The molecule has 100 valence electrons. The van der Waals surface area contributed by atoms with Gasteiger partial charge in [-0.3, -0.25) is 0 Å². The van der Waals surface area contributed by atoms with E-state index in [4.69, 9.17) is 4.74 Å². The molecule has 1 aromatic heterocycles. The third kappa shape index (κ3) is 2.30. The number of thioether (sulfide) groups is 1. The molecule has 3 rings (SSSR count). The molecule has 0 saturated carbocycles. The molecule has 5 heteroatoms. The Balaban J connectivity index is 2.17. The van der Waals surface area contributed by atoms with Crippen LogP contribution in [0.15, 0.2) is 22.8 Å². The Hall–Kier alpha value is -0.940. The summed E-state index contributed by atoms with van der Waals surface area (Å²) in [6.07, 6.45) is 3.25. The summed E-state index contributed by atoms with van der Waals surface area (Å²) in [5, 5.41) is 1.13. The maximum absolute atomic E-state index is 11.8. The fourth-order valence-corrected chi connectivity index (χ4v) is 4.31. The van der Waals surface area contributed by atoms with Gasteiger partial charge in [0, 0.05) is 21.8 Å². The molecule has 1 saturated heterocycles. The van der Waals surface area contributed by atoms with Crippen LogP contribution in [-0.2, 0) is 4.74 Å². The molecule has 0 radical (unpaired) electrons. The van der Waals surface area contributed by atoms with E-state index >= 15 is 0 Å². The number of aromatic nitrogens is 1. The van der Waals surface area contributed by atoms with Crippen molar-refractivity contribution < 1.29 is 9.53 Å². The highest BCUT2D eigenvalue weighted by molar-refractivity contribution is 9.10. The van der Waals surface area contributed by atoms with Gasteiger partial charge in [-0.05, 0) is 35.8 Å². The smallest absolute Gasteiger partial charge is 0.340 e. The van der Waals surface area contributed by atoms with E-state index in [2.05, 4.69) is 27.0 Å². The van der Waals surface area contributed by atoms with Gasteiger partial charge in [-0.1, -0.05) is 15.9 Å². The fourth-order valence-electron chi connectivity index (χ4n) is 2.61. The summed E-state index contributed by atoms with van der Waals surface area (Å²) in [5.74, 6) is 2.65. The fraction of sp³-hybridized carbons (Fsp3) is 0.357. The number of esters is 1. The lowest BCUT2D eigenvalue weighted by molar-refractivity contribution is 0.0602. The number of rotatable bonds is 2. The standard InChI is InChI=1S/C14H14BrNO2S/c1-18-14(17)11-5-9(15)4-10-12(6-16-13(10)11)8-2-3-19-7-8/h4-6,8,16H,2-3,7H2,1H3. The van der Waals surface area contributed by atoms with E-state index in [1.165, 1.54) is 24.8 Å². The molecular weight excluding hydrogens is 326 g/mol. The average molecular weight is 340 g/mol. The SMILES string of the molecule is COC(=O)c1cc(Br)cc2c(C3CCSC3)c[nH]c12. The minimum Gasteiger partial charge on any atom is -0.465 e. The Labute approximate surface area is 124 Å². The largest absolute Gasteiger partial charge is 0.465 e. The van der Waals surface area contributed by atoms with Gasteiger partial charge in [-0.15, -0.1) is 0 Å². The van der Waals surface area contributed by atoms with Crippen LogP contribution in [0.1, 0.15) is 28.3 Å². The molecule has 1 fully saturated rings. The molecule has 1 N–H and O–H groups in total. The molecule has 2 aromatic rings. The Morgan fingerprint density at radius 2 is 2.37 bits per heavy atom. The minimum absolute atomic E-state index is 0.305. The number of fused-ring (bicyclic) bond motifs is 1. The number of hydrogen-bond donors (Lipinski definition) is 1. The van der Waals surface area contributed by atoms with Crippen molar-refractivity contribution in [2.75, 3.05) is 18.6 Å². The van der Waals surface area contributed by atoms with Crippen LogP contribution in [0.5, 0.6) is 0 Å². The lowest BCUT2D eigenvalue weighted by Crippen LogP contribution is -2.02. The van der Waals surface area contributed by atoms with Crippen molar-refractivity contribution in [3.8, 4) is 0 Å². The second-order valence-corrected chi connectivity index (χ2v) is 6.74. The van der Waals surface area contributed by atoms with Crippen LogP contribution in [0.2, 0.25) is 0 Å². The number of halogens is 1. The topological polar surface area (TPSA) is 42.1 Å². The van der Waals surface area contributed by atoms with E-state index in [0.717, 1.165) is 21.1 Å². The van der Waals surface area contributed by atoms with E-state index in [1.807, 2.05) is 18.0 Å². The second kappa shape index (κ2) is 5.21. The van der Waals surface area contributed by atoms with Crippen LogP contribution >= 0.6 is 27.7 Å². The van der Waals surface area contributed by atoms with Gasteiger partial charge in [0.05, 0.1) is 18.2 Å². The molecule has 1 unspecified atom stereocenters. The minimum atomic E-state index is -0.305. The molecule has 3 nitrogen and oxygen atoms in total. The van der Waals surface area contributed by atoms with Gasteiger partial charge in [-0.2, -0.15) is 11.8 Å². The van der Waals surface area contributed by atoms with Crippen molar-refractivity contribution in [3.05, 3.63) is 33.9 Å². The highest BCUT2D eigenvalue weighted by Gasteiger charge is 2.23. The van der Waals surface area contributed by atoms with Gasteiger partial charge >= 0.3 is 5.97 Å². The number of H-pyrrole nitrogens is 1. The zero-order chi connectivity index (χ0) is 13.4. The van der Waals surface area contributed by atoms with Gasteiger partial charge < -0.3 is 9.72 Å². The van der Waals surface area contributed by atoms with Crippen molar-refractivity contribution >= 4 is 44.6 Å². The molecule has 1 aliphatic rings. The molecule has 0 aliphatic carbocycles. The zero-order valence-electron chi connectivity index (χ0n) is 10.5. The summed E-state index contributed by atoms with van der Waals surface area (Å²) in [4.78, 5) is 15.1. The first-order chi connectivity index (χ1) is 9.20. The number of ether oxygens (including phenoxy) is 1. The lowest BCUT2D eigenvalue weighted by atomic mass is 9.97. The normalized spacial score (nSPS) is 18.9. The third-order valence-corrected chi connectivity index (χ3v) is 5.18. The van der Waals surface area contributed by atoms with Crippen molar-refractivity contribution in [2.45, 2.75) is 12.3 Å². The van der Waals surface area contributed by atoms with E-state index in [1.54, 1.807) is 6.07 Å². The molecule has 19 heavy (non-hydrogen) atoms. The van der Waals surface area contributed by atoms with E-state index in [-0.39, 0.29) is 5.97 Å². The van der Waals surface area contributed by atoms with Gasteiger partial charge in [0.15, 0.2) is 0 Å². The van der Waals surface area contributed by atoms with Gasteiger partial charge in [0.25, 0.3) is 0 Å². The first kappa shape index (κ1) is 13.1. The molecule has 0 amide bonds. The van der Waals surface area contributed by atoms with Crippen LogP contribution < -0.4 is 0 Å². The molecule has 0 bridgehead atoms. The second-order valence-electron chi connectivity index (χ2n) is 4.67. The first-order valence-electron chi connectivity index (χ1n) is 6.17. The molecule has 2 heterocycles. The van der Waals surface area contributed by atoms with E-state index < -0.39 is 0 Å². The number of benzene rings is 1. The summed E-state index contributed by atoms with van der Waals surface area (Å²) in [6.45, 7) is 0. The highest BCUT2D eigenvalue weighted by Crippen LogP contribution is 2.38. The number of carbonyl (C=O) groups excluding carboxylic acids is 1. The molecule has 1 atom stereocenters. The number of methoxy groups -OCH3 is 1. The van der Waals surface area contributed by atoms with E-state index in [9.17, 15) is 4.79 Å². The highest BCUT2D eigenvalue weighted by atomic mass is 79.9. The predicted octanol–water partition coefficient (Wildman–Crippen LogP) is 3.94. The lowest BCUT2D eigenvalue weighted by Gasteiger charge is -2.08. The molecule has 1 aliphatic heterocycles. The van der Waals surface area contributed by atoms with Gasteiger partial charge in [0.1, 0.15) is 0 Å². The zero-order valence-corrected chi connectivity index (χ0v) is 12.9. The van der Waals surface area contributed by atoms with Gasteiger partial charge in [0.2, 0.25) is 0 Å². The molecule has 0 spiro atoms. The number of aromatic amines is 1. The number of carbonyl (C=O) groups is 1. The van der Waals surface area contributed by atoms with E-state index in [0.29, 0.717) is 11.5 Å². The maximum Gasteiger partial charge on any atom is 0.340 e. The Bertz CT molecular complexity index is 632. The monoisotopic (exact) mass is 339 g/mol. The number of nitrogens with one attached hydrogen (secondary N) is 1. The Morgan fingerprint density at radius 1 is 1.53 bits per heavy atom. The van der Waals surface area contributed by atoms with Crippen molar-refractivity contribution in [1.82, 2.24) is 4.98 Å². The molecule has 1 aromatic carbocycles. The van der Waals surface area contributed by atoms with Crippen LogP contribution in [0, 0.1) is 0 Å². The summed E-state index contributed by atoms with van der Waals surface area (Å²) in [7, 11) is 1.41.